The van der Waals surface area contributed by atoms with E-state index in [9.17, 15) is 4.39 Å². The van der Waals surface area contributed by atoms with Crippen LogP contribution in [0.2, 0.25) is 0 Å². The van der Waals surface area contributed by atoms with Crippen molar-refractivity contribution >= 4 is 0 Å². The van der Waals surface area contributed by atoms with Gasteiger partial charge in [0.05, 0.1) is 6.04 Å². The van der Waals surface area contributed by atoms with E-state index in [1.807, 2.05) is 6.07 Å². The predicted molar refractivity (Wildman–Crippen MR) is 75.8 cm³/mol. The molecule has 1 heterocycles. The molecule has 3 rings (SSSR count). The first-order valence-corrected chi connectivity index (χ1v) is 6.88. The van der Waals surface area contributed by atoms with Gasteiger partial charge in [0, 0.05) is 6.54 Å². The Hall–Kier alpha value is -1.67. The SMILES string of the molecule is CCc1ccc2c(c1)C(c1cccc(F)c1)NCC2. The molecule has 0 saturated carbocycles. The molecular weight excluding hydrogens is 237 g/mol. The Bertz CT molecular complexity index is 592. The number of fused-ring (bicyclic) bond motifs is 1. The molecular formula is C17H18FN. The van der Waals surface area contributed by atoms with Gasteiger partial charge in [-0.05, 0) is 47.2 Å². The van der Waals surface area contributed by atoms with Crippen LogP contribution in [0.3, 0.4) is 0 Å². The highest BCUT2D eigenvalue weighted by Gasteiger charge is 2.21. The Morgan fingerprint density at radius 2 is 2.11 bits per heavy atom. The number of hydrogen-bond acceptors (Lipinski definition) is 1. The van der Waals surface area contributed by atoms with Crippen LogP contribution in [0.1, 0.15) is 35.2 Å². The van der Waals surface area contributed by atoms with Gasteiger partial charge < -0.3 is 5.32 Å². The lowest BCUT2D eigenvalue weighted by Gasteiger charge is -2.28. The van der Waals surface area contributed by atoms with Crippen molar-refractivity contribution in [3.05, 3.63) is 70.5 Å². The molecule has 0 radical (unpaired) electrons. The average molecular weight is 255 g/mol. The molecule has 0 aliphatic carbocycles. The topological polar surface area (TPSA) is 12.0 Å². The van der Waals surface area contributed by atoms with Gasteiger partial charge in [-0.1, -0.05) is 37.3 Å². The second-order valence-electron chi connectivity index (χ2n) is 5.08. The van der Waals surface area contributed by atoms with E-state index in [4.69, 9.17) is 0 Å². The lowest BCUT2D eigenvalue weighted by Crippen LogP contribution is -2.30. The molecule has 1 aliphatic heterocycles. The van der Waals surface area contributed by atoms with Crippen LogP contribution in [-0.2, 0) is 12.8 Å². The van der Waals surface area contributed by atoms with Crippen molar-refractivity contribution in [1.82, 2.24) is 5.32 Å². The maximum absolute atomic E-state index is 13.4. The highest BCUT2D eigenvalue weighted by Crippen LogP contribution is 2.29. The summed E-state index contributed by atoms with van der Waals surface area (Å²) in [6, 6.07) is 13.7. The van der Waals surface area contributed by atoms with Gasteiger partial charge in [0.1, 0.15) is 5.82 Å². The van der Waals surface area contributed by atoms with Crippen molar-refractivity contribution in [2.24, 2.45) is 0 Å². The molecule has 2 aromatic rings. The minimum atomic E-state index is -0.168. The molecule has 1 aliphatic rings. The third kappa shape index (κ3) is 2.41. The van der Waals surface area contributed by atoms with Crippen molar-refractivity contribution < 1.29 is 4.39 Å². The maximum Gasteiger partial charge on any atom is 0.123 e. The third-order valence-electron chi connectivity index (χ3n) is 3.85. The van der Waals surface area contributed by atoms with Gasteiger partial charge in [0.15, 0.2) is 0 Å². The van der Waals surface area contributed by atoms with Gasteiger partial charge in [-0.25, -0.2) is 4.39 Å². The fraction of sp³-hybridized carbons (Fsp3) is 0.294. The standard InChI is InChI=1S/C17H18FN/c1-2-12-6-7-13-8-9-19-17(16(13)10-12)14-4-3-5-15(18)11-14/h3-7,10-11,17,19H,2,8-9H2,1H3. The first-order chi connectivity index (χ1) is 9.28. The lowest BCUT2D eigenvalue weighted by molar-refractivity contribution is 0.560. The second kappa shape index (κ2) is 5.14. The summed E-state index contributed by atoms with van der Waals surface area (Å²) in [7, 11) is 0. The fourth-order valence-electron chi connectivity index (χ4n) is 2.81. The van der Waals surface area contributed by atoms with Crippen molar-refractivity contribution in [3.8, 4) is 0 Å². The van der Waals surface area contributed by atoms with Crippen LogP contribution in [0.15, 0.2) is 42.5 Å². The minimum absolute atomic E-state index is 0.117. The Labute approximate surface area is 113 Å². The lowest BCUT2D eigenvalue weighted by atomic mass is 9.88. The molecule has 98 valence electrons. The van der Waals surface area contributed by atoms with Gasteiger partial charge in [-0.2, -0.15) is 0 Å². The molecule has 0 bridgehead atoms. The predicted octanol–water partition coefficient (Wildman–Crippen LogP) is 3.62. The second-order valence-corrected chi connectivity index (χ2v) is 5.08. The van der Waals surface area contributed by atoms with Crippen molar-refractivity contribution in [2.45, 2.75) is 25.8 Å². The van der Waals surface area contributed by atoms with Crippen LogP contribution in [0.25, 0.3) is 0 Å². The normalized spacial score (nSPS) is 18.1. The van der Waals surface area contributed by atoms with Gasteiger partial charge >= 0.3 is 0 Å². The number of rotatable bonds is 2. The molecule has 1 nitrogen and oxygen atoms in total. The van der Waals surface area contributed by atoms with Gasteiger partial charge in [0.25, 0.3) is 0 Å². The summed E-state index contributed by atoms with van der Waals surface area (Å²) in [5.41, 5.74) is 5.03. The van der Waals surface area contributed by atoms with Crippen LogP contribution in [0, 0.1) is 5.82 Å². The summed E-state index contributed by atoms with van der Waals surface area (Å²) in [4.78, 5) is 0. The molecule has 2 aromatic carbocycles. The van der Waals surface area contributed by atoms with E-state index >= 15 is 0 Å². The Kier molecular flexibility index (Phi) is 3.34. The minimum Gasteiger partial charge on any atom is -0.306 e. The van der Waals surface area contributed by atoms with Gasteiger partial charge in [0.2, 0.25) is 0 Å². The molecule has 0 spiro atoms. The molecule has 0 amide bonds. The number of nitrogens with one attached hydrogen (secondary N) is 1. The largest absolute Gasteiger partial charge is 0.306 e. The van der Waals surface area contributed by atoms with E-state index in [0.717, 1.165) is 24.9 Å². The van der Waals surface area contributed by atoms with Crippen molar-refractivity contribution in [1.29, 1.82) is 0 Å². The van der Waals surface area contributed by atoms with Crippen LogP contribution in [-0.4, -0.2) is 6.54 Å². The summed E-state index contributed by atoms with van der Waals surface area (Å²) in [5, 5.41) is 3.50. The molecule has 19 heavy (non-hydrogen) atoms. The van der Waals surface area contributed by atoms with Crippen molar-refractivity contribution in [3.63, 3.8) is 0 Å². The number of aryl methyl sites for hydroxylation is 1. The number of halogens is 1. The monoisotopic (exact) mass is 255 g/mol. The van der Waals surface area contributed by atoms with Crippen LogP contribution in [0.4, 0.5) is 4.39 Å². The zero-order chi connectivity index (χ0) is 13.2. The highest BCUT2D eigenvalue weighted by molar-refractivity contribution is 5.42. The first-order valence-electron chi connectivity index (χ1n) is 6.88. The van der Waals surface area contributed by atoms with E-state index in [0.29, 0.717) is 0 Å². The smallest absolute Gasteiger partial charge is 0.123 e. The van der Waals surface area contributed by atoms with Crippen LogP contribution >= 0.6 is 0 Å². The van der Waals surface area contributed by atoms with E-state index in [-0.39, 0.29) is 11.9 Å². The summed E-state index contributed by atoms with van der Waals surface area (Å²) in [6.45, 7) is 3.11. The van der Waals surface area contributed by atoms with Crippen molar-refractivity contribution in [2.75, 3.05) is 6.54 Å². The molecule has 1 N–H and O–H groups in total. The molecule has 1 unspecified atom stereocenters. The maximum atomic E-state index is 13.4. The van der Waals surface area contributed by atoms with Crippen LogP contribution in [0.5, 0.6) is 0 Å². The molecule has 0 fully saturated rings. The quantitative estimate of drug-likeness (QED) is 0.864. The zero-order valence-corrected chi connectivity index (χ0v) is 11.1. The molecule has 0 aromatic heterocycles. The summed E-state index contributed by atoms with van der Waals surface area (Å²) in [6.07, 6.45) is 2.08. The Morgan fingerprint density at radius 1 is 1.21 bits per heavy atom. The van der Waals surface area contributed by atoms with E-state index in [2.05, 4.69) is 30.4 Å². The van der Waals surface area contributed by atoms with Crippen LogP contribution < -0.4 is 5.32 Å². The Balaban J connectivity index is 2.06. The molecule has 1 atom stereocenters. The Morgan fingerprint density at radius 3 is 2.89 bits per heavy atom. The highest BCUT2D eigenvalue weighted by atomic mass is 19.1. The number of hydrogen-bond donors (Lipinski definition) is 1. The van der Waals surface area contributed by atoms with E-state index in [1.165, 1.54) is 22.8 Å². The summed E-state index contributed by atoms with van der Waals surface area (Å²) < 4.78 is 13.4. The number of benzene rings is 2. The first kappa shape index (κ1) is 12.4. The van der Waals surface area contributed by atoms with Gasteiger partial charge in [-0.3, -0.25) is 0 Å². The van der Waals surface area contributed by atoms with E-state index in [1.54, 1.807) is 12.1 Å². The molecule has 2 heteroatoms. The van der Waals surface area contributed by atoms with Gasteiger partial charge in [-0.15, -0.1) is 0 Å². The fourth-order valence-corrected chi connectivity index (χ4v) is 2.81. The average Bonchev–Trinajstić information content (AvgIpc) is 2.46. The zero-order valence-electron chi connectivity index (χ0n) is 11.1. The molecule has 0 saturated heterocycles. The summed E-state index contributed by atoms with van der Waals surface area (Å²) in [5.74, 6) is -0.168. The van der Waals surface area contributed by atoms with E-state index < -0.39 is 0 Å². The third-order valence-corrected chi connectivity index (χ3v) is 3.85. The summed E-state index contributed by atoms with van der Waals surface area (Å²) >= 11 is 0.